The molecule has 0 aromatic heterocycles. The zero-order valence-electron chi connectivity index (χ0n) is 10.3. The van der Waals surface area contributed by atoms with E-state index in [2.05, 4.69) is 17.0 Å². The van der Waals surface area contributed by atoms with Crippen molar-refractivity contribution >= 4 is 5.69 Å². The normalized spacial score (nSPS) is 30.9. The van der Waals surface area contributed by atoms with Gasteiger partial charge >= 0.3 is 0 Å². The van der Waals surface area contributed by atoms with Gasteiger partial charge in [-0.2, -0.15) is 0 Å². The molecule has 17 heavy (non-hydrogen) atoms. The maximum absolute atomic E-state index is 5.94. The Kier molecular flexibility index (Phi) is 2.71. The molecule has 1 aromatic rings. The lowest BCUT2D eigenvalue weighted by Gasteiger charge is -2.54. The molecule has 0 spiro atoms. The fourth-order valence-electron chi connectivity index (χ4n) is 3.31. The van der Waals surface area contributed by atoms with Crippen molar-refractivity contribution in [3.05, 3.63) is 24.3 Å². The van der Waals surface area contributed by atoms with Gasteiger partial charge < -0.3 is 15.4 Å². The molecule has 2 aliphatic heterocycles. The first kappa shape index (κ1) is 10.9. The van der Waals surface area contributed by atoms with Gasteiger partial charge in [0, 0.05) is 24.8 Å². The minimum Gasteiger partial charge on any atom is -0.497 e. The monoisotopic (exact) mass is 232 g/mol. The quantitative estimate of drug-likeness (QED) is 0.864. The summed E-state index contributed by atoms with van der Waals surface area (Å²) < 4.78 is 5.20. The van der Waals surface area contributed by atoms with Crippen molar-refractivity contribution in [3.63, 3.8) is 0 Å². The molecule has 2 saturated heterocycles. The third kappa shape index (κ3) is 1.78. The zero-order valence-corrected chi connectivity index (χ0v) is 10.3. The predicted octanol–water partition coefficient (Wildman–Crippen LogP) is 1.87. The number of hydrogen-bond donors (Lipinski definition) is 1. The van der Waals surface area contributed by atoms with E-state index in [0.717, 1.165) is 24.1 Å². The Balaban J connectivity index is 1.81. The zero-order chi connectivity index (χ0) is 11.8. The van der Waals surface area contributed by atoms with Crippen molar-refractivity contribution in [1.82, 2.24) is 0 Å². The molecule has 0 radical (unpaired) electrons. The Hall–Kier alpha value is -1.22. The van der Waals surface area contributed by atoms with Gasteiger partial charge in [-0.05, 0) is 48.9 Å². The molecular formula is C14H20N2O. The maximum Gasteiger partial charge on any atom is 0.119 e. The molecule has 1 aromatic carbocycles. The largest absolute Gasteiger partial charge is 0.497 e. The van der Waals surface area contributed by atoms with Crippen LogP contribution in [0.2, 0.25) is 0 Å². The fraction of sp³-hybridized carbons (Fsp3) is 0.571. The Bertz CT molecular complexity index is 384. The second-order valence-electron chi connectivity index (χ2n) is 5.25. The van der Waals surface area contributed by atoms with E-state index in [1.807, 2.05) is 12.1 Å². The third-order valence-corrected chi connectivity index (χ3v) is 4.32. The third-order valence-electron chi connectivity index (χ3n) is 4.32. The van der Waals surface area contributed by atoms with Crippen molar-refractivity contribution in [3.8, 4) is 5.75 Å². The SMILES string of the molecule is COc1ccc(N2CC3CC(C3)C2CN)cc1. The molecule has 2 heterocycles. The lowest BCUT2D eigenvalue weighted by molar-refractivity contribution is 0.114. The van der Waals surface area contributed by atoms with Gasteiger partial charge in [-0.1, -0.05) is 0 Å². The number of anilines is 1. The molecule has 1 atom stereocenters. The summed E-state index contributed by atoms with van der Waals surface area (Å²) in [5.41, 5.74) is 7.22. The molecule has 1 saturated carbocycles. The summed E-state index contributed by atoms with van der Waals surface area (Å²) in [5.74, 6) is 2.63. The number of nitrogens with zero attached hydrogens (tertiary/aromatic N) is 1. The first-order valence-corrected chi connectivity index (χ1v) is 6.42. The lowest BCUT2D eigenvalue weighted by atomic mass is 9.66. The minimum absolute atomic E-state index is 0.536. The topological polar surface area (TPSA) is 38.5 Å². The molecule has 92 valence electrons. The first-order chi connectivity index (χ1) is 8.31. The van der Waals surface area contributed by atoms with E-state index < -0.39 is 0 Å². The molecule has 2 N–H and O–H groups in total. The van der Waals surface area contributed by atoms with Gasteiger partial charge in [-0.3, -0.25) is 0 Å². The average molecular weight is 232 g/mol. The fourth-order valence-corrected chi connectivity index (χ4v) is 3.31. The number of methoxy groups -OCH3 is 1. The van der Waals surface area contributed by atoms with Crippen molar-refractivity contribution < 1.29 is 4.74 Å². The minimum atomic E-state index is 0.536. The smallest absolute Gasteiger partial charge is 0.119 e. The van der Waals surface area contributed by atoms with Crippen LogP contribution < -0.4 is 15.4 Å². The van der Waals surface area contributed by atoms with Crippen LogP contribution in [0.4, 0.5) is 5.69 Å². The van der Waals surface area contributed by atoms with E-state index in [-0.39, 0.29) is 0 Å². The van der Waals surface area contributed by atoms with E-state index in [1.165, 1.54) is 25.1 Å². The molecular weight excluding hydrogens is 212 g/mol. The second-order valence-corrected chi connectivity index (χ2v) is 5.25. The molecule has 1 aliphatic carbocycles. The van der Waals surface area contributed by atoms with E-state index in [0.29, 0.717) is 6.04 Å². The van der Waals surface area contributed by atoms with Crippen LogP contribution in [0.3, 0.4) is 0 Å². The molecule has 2 bridgehead atoms. The molecule has 3 aliphatic rings. The van der Waals surface area contributed by atoms with Crippen molar-refractivity contribution in [2.45, 2.75) is 18.9 Å². The summed E-state index contributed by atoms with van der Waals surface area (Å²) >= 11 is 0. The Morgan fingerprint density at radius 3 is 2.59 bits per heavy atom. The predicted molar refractivity (Wildman–Crippen MR) is 69.4 cm³/mol. The van der Waals surface area contributed by atoms with Gasteiger partial charge in [0.05, 0.1) is 7.11 Å². The summed E-state index contributed by atoms with van der Waals surface area (Å²) in [7, 11) is 1.70. The number of benzene rings is 1. The van der Waals surface area contributed by atoms with Gasteiger partial charge in [-0.15, -0.1) is 0 Å². The van der Waals surface area contributed by atoms with Gasteiger partial charge in [0.2, 0.25) is 0 Å². The van der Waals surface area contributed by atoms with Crippen LogP contribution in [0.15, 0.2) is 24.3 Å². The molecule has 3 nitrogen and oxygen atoms in total. The number of nitrogens with two attached hydrogens (primary N) is 1. The van der Waals surface area contributed by atoms with Gasteiger partial charge in [0.25, 0.3) is 0 Å². The molecule has 3 fully saturated rings. The van der Waals surface area contributed by atoms with Crippen molar-refractivity contribution in [1.29, 1.82) is 0 Å². The first-order valence-electron chi connectivity index (χ1n) is 6.42. The summed E-state index contributed by atoms with van der Waals surface area (Å²) in [4.78, 5) is 2.49. The van der Waals surface area contributed by atoms with Crippen LogP contribution >= 0.6 is 0 Å². The Morgan fingerprint density at radius 2 is 2.00 bits per heavy atom. The van der Waals surface area contributed by atoms with Crippen LogP contribution in [-0.2, 0) is 0 Å². The average Bonchev–Trinajstić information content (AvgIpc) is 2.37. The van der Waals surface area contributed by atoms with Crippen molar-refractivity contribution in [2.24, 2.45) is 17.6 Å². The highest BCUT2D eigenvalue weighted by Gasteiger charge is 2.43. The maximum atomic E-state index is 5.94. The summed E-state index contributed by atoms with van der Waals surface area (Å²) in [6.45, 7) is 1.94. The van der Waals surface area contributed by atoms with Crippen LogP contribution in [-0.4, -0.2) is 26.2 Å². The molecule has 4 rings (SSSR count). The standard InChI is InChI=1S/C14H20N2O/c1-17-13-4-2-12(3-5-13)16-9-10-6-11(7-10)14(16)8-15/h2-5,10-11,14H,6-9,15H2,1H3. The van der Waals surface area contributed by atoms with Crippen LogP contribution in [0, 0.1) is 11.8 Å². The van der Waals surface area contributed by atoms with Crippen molar-refractivity contribution in [2.75, 3.05) is 25.1 Å². The highest BCUT2D eigenvalue weighted by molar-refractivity contribution is 5.51. The highest BCUT2D eigenvalue weighted by Crippen LogP contribution is 2.45. The van der Waals surface area contributed by atoms with Crippen LogP contribution in [0.25, 0.3) is 0 Å². The van der Waals surface area contributed by atoms with E-state index >= 15 is 0 Å². The molecule has 1 unspecified atom stereocenters. The summed E-state index contributed by atoms with van der Waals surface area (Å²) in [5, 5.41) is 0. The van der Waals surface area contributed by atoms with Gasteiger partial charge in [0.1, 0.15) is 5.75 Å². The highest BCUT2D eigenvalue weighted by atomic mass is 16.5. The number of hydrogen-bond acceptors (Lipinski definition) is 3. The van der Waals surface area contributed by atoms with E-state index in [9.17, 15) is 0 Å². The summed E-state index contributed by atoms with van der Waals surface area (Å²) in [6.07, 6.45) is 2.77. The van der Waals surface area contributed by atoms with Crippen LogP contribution in [0.1, 0.15) is 12.8 Å². The van der Waals surface area contributed by atoms with Gasteiger partial charge in [-0.25, -0.2) is 0 Å². The van der Waals surface area contributed by atoms with E-state index in [1.54, 1.807) is 7.11 Å². The second kappa shape index (κ2) is 4.22. The summed E-state index contributed by atoms with van der Waals surface area (Å²) in [6, 6.07) is 8.89. The Morgan fingerprint density at radius 1 is 1.29 bits per heavy atom. The lowest BCUT2D eigenvalue weighted by Crippen LogP contribution is -2.58. The van der Waals surface area contributed by atoms with E-state index in [4.69, 9.17) is 10.5 Å². The Labute approximate surface area is 103 Å². The molecule has 3 heteroatoms. The van der Waals surface area contributed by atoms with Gasteiger partial charge in [0.15, 0.2) is 0 Å². The van der Waals surface area contributed by atoms with Crippen LogP contribution in [0.5, 0.6) is 5.75 Å². The number of fused-ring (bicyclic) bond motifs is 2. The number of rotatable bonds is 3. The molecule has 0 amide bonds. The number of ether oxygens (including phenoxy) is 1. The number of piperidine rings is 2.